The third-order valence-electron chi connectivity index (χ3n) is 3.48. The second kappa shape index (κ2) is 5.96. The van der Waals surface area contributed by atoms with Crippen molar-refractivity contribution in [2.75, 3.05) is 19.6 Å². The van der Waals surface area contributed by atoms with Gasteiger partial charge >= 0.3 is 0 Å². The maximum absolute atomic E-state index is 12.2. The Kier molecular flexibility index (Phi) is 4.31. The molecule has 1 aromatic rings. The molecule has 0 aromatic carbocycles. The minimum atomic E-state index is 0.255. The minimum Gasteiger partial charge on any atom is -0.340 e. The third-order valence-corrected chi connectivity index (χ3v) is 3.48. The van der Waals surface area contributed by atoms with Crippen LogP contribution in [0.4, 0.5) is 0 Å². The van der Waals surface area contributed by atoms with Gasteiger partial charge < -0.3 is 10.2 Å². The molecule has 1 N–H and O–H groups in total. The Labute approximate surface area is 108 Å². The highest BCUT2D eigenvalue weighted by Crippen LogP contribution is 2.19. The Morgan fingerprint density at radius 1 is 1.56 bits per heavy atom. The first-order chi connectivity index (χ1) is 8.66. The van der Waals surface area contributed by atoms with E-state index in [2.05, 4.69) is 24.1 Å². The molecule has 4 heteroatoms. The van der Waals surface area contributed by atoms with Gasteiger partial charge in [0.1, 0.15) is 0 Å². The molecule has 0 saturated carbocycles. The van der Waals surface area contributed by atoms with Crippen LogP contribution < -0.4 is 5.32 Å². The monoisotopic (exact) mass is 247 g/mol. The predicted octanol–water partition coefficient (Wildman–Crippen LogP) is 1.40. The van der Waals surface area contributed by atoms with E-state index in [0.717, 1.165) is 19.6 Å². The van der Waals surface area contributed by atoms with Crippen molar-refractivity contribution in [1.82, 2.24) is 15.2 Å². The first kappa shape index (κ1) is 13.0. The van der Waals surface area contributed by atoms with Crippen LogP contribution in [-0.4, -0.2) is 41.5 Å². The molecule has 0 spiro atoms. The summed E-state index contributed by atoms with van der Waals surface area (Å²) in [5.41, 5.74) is 1.18. The molecule has 2 rings (SSSR count). The Hall–Kier alpha value is -1.42. The smallest absolute Gasteiger partial charge is 0.223 e. The van der Waals surface area contributed by atoms with E-state index in [1.54, 1.807) is 12.4 Å². The summed E-state index contributed by atoms with van der Waals surface area (Å²) in [6, 6.07) is 4.37. The first-order valence-corrected chi connectivity index (χ1v) is 6.58. The molecule has 98 valence electrons. The van der Waals surface area contributed by atoms with Crippen molar-refractivity contribution >= 4 is 5.91 Å². The second-order valence-electron chi connectivity index (χ2n) is 5.08. The molecule has 18 heavy (non-hydrogen) atoms. The number of carbonyl (C=O) groups excluding carboxylic acids is 1. The van der Waals surface area contributed by atoms with Gasteiger partial charge in [0.15, 0.2) is 0 Å². The summed E-state index contributed by atoms with van der Waals surface area (Å²) in [6.45, 7) is 6.76. The van der Waals surface area contributed by atoms with Crippen molar-refractivity contribution in [1.29, 1.82) is 0 Å². The number of nitrogens with zero attached hydrogens (tertiary/aromatic N) is 2. The van der Waals surface area contributed by atoms with Crippen LogP contribution in [0.3, 0.4) is 0 Å². The Morgan fingerprint density at radius 3 is 2.94 bits per heavy atom. The molecule has 0 unspecified atom stereocenters. The van der Waals surface area contributed by atoms with E-state index in [1.165, 1.54) is 5.56 Å². The zero-order chi connectivity index (χ0) is 13.0. The largest absolute Gasteiger partial charge is 0.340 e. The molecule has 0 bridgehead atoms. The number of piperazine rings is 1. The molecule has 1 aliphatic heterocycles. The van der Waals surface area contributed by atoms with E-state index >= 15 is 0 Å². The van der Waals surface area contributed by atoms with E-state index in [4.69, 9.17) is 0 Å². The fourth-order valence-corrected chi connectivity index (χ4v) is 2.36. The molecule has 2 heterocycles. The van der Waals surface area contributed by atoms with Gasteiger partial charge in [-0.05, 0) is 30.5 Å². The Balaban J connectivity index is 1.91. The van der Waals surface area contributed by atoms with Crippen molar-refractivity contribution in [3.05, 3.63) is 30.1 Å². The lowest BCUT2D eigenvalue weighted by Crippen LogP contribution is -2.51. The number of rotatable bonds is 3. The van der Waals surface area contributed by atoms with Crippen LogP contribution in [0.2, 0.25) is 0 Å². The maximum Gasteiger partial charge on any atom is 0.223 e. The van der Waals surface area contributed by atoms with E-state index < -0.39 is 0 Å². The molecular formula is C14H21N3O. The van der Waals surface area contributed by atoms with Gasteiger partial charge in [0.2, 0.25) is 5.91 Å². The van der Waals surface area contributed by atoms with Crippen molar-refractivity contribution in [2.45, 2.75) is 32.2 Å². The van der Waals surface area contributed by atoms with E-state index in [9.17, 15) is 4.79 Å². The number of nitrogens with one attached hydrogen (secondary N) is 1. The van der Waals surface area contributed by atoms with Gasteiger partial charge in [-0.25, -0.2) is 0 Å². The zero-order valence-corrected chi connectivity index (χ0v) is 11.1. The molecule has 1 amide bonds. The molecular weight excluding hydrogens is 226 g/mol. The highest BCUT2D eigenvalue weighted by Gasteiger charge is 2.22. The normalized spacial score (nSPS) is 21.7. The van der Waals surface area contributed by atoms with E-state index in [1.807, 2.05) is 17.0 Å². The Morgan fingerprint density at radius 2 is 2.28 bits per heavy atom. The van der Waals surface area contributed by atoms with E-state index in [0.29, 0.717) is 12.5 Å². The molecule has 0 radical (unpaired) electrons. The number of pyridine rings is 1. The number of amides is 1. The highest BCUT2D eigenvalue weighted by atomic mass is 16.2. The van der Waals surface area contributed by atoms with Crippen molar-refractivity contribution in [3.63, 3.8) is 0 Å². The van der Waals surface area contributed by atoms with Crippen molar-refractivity contribution in [3.8, 4) is 0 Å². The number of carbonyl (C=O) groups is 1. The van der Waals surface area contributed by atoms with Crippen LogP contribution >= 0.6 is 0 Å². The van der Waals surface area contributed by atoms with Crippen LogP contribution in [0.15, 0.2) is 24.5 Å². The van der Waals surface area contributed by atoms with Crippen LogP contribution in [0.25, 0.3) is 0 Å². The molecule has 1 fully saturated rings. The summed E-state index contributed by atoms with van der Waals surface area (Å²) in [4.78, 5) is 18.2. The number of hydrogen-bond acceptors (Lipinski definition) is 3. The van der Waals surface area contributed by atoms with Crippen LogP contribution in [0.5, 0.6) is 0 Å². The summed E-state index contributed by atoms with van der Waals surface area (Å²) >= 11 is 0. The average Bonchev–Trinajstić information content (AvgIpc) is 2.39. The summed E-state index contributed by atoms with van der Waals surface area (Å²) < 4.78 is 0. The van der Waals surface area contributed by atoms with Crippen LogP contribution in [0.1, 0.15) is 31.7 Å². The minimum absolute atomic E-state index is 0.255. The SMILES string of the molecule is C[C@@H]1CN(C(=O)C[C@H](C)c2ccncc2)CCN1. The summed E-state index contributed by atoms with van der Waals surface area (Å²) in [5, 5.41) is 3.35. The Bertz CT molecular complexity index is 393. The lowest BCUT2D eigenvalue weighted by molar-refractivity contribution is -0.132. The van der Waals surface area contributed by atoms with Crippen LogP contribution in [0, 0.1) is 0 Å². The molecule has 4 nitrogen and oxygen atoms in total. The summed E-state index contributed by atoms with van der Waals surface area (Å²) in [6.07, 6.45) is 4.14. The van der Waals surface area contributed by atoms with Crippen molar-refractivity contribution < 1.29 is 4.79 Å². The number of aromatic nitrogens is 1. The zero-order valence-electron chi connectivity index (χ0n) is 11.1. The van der Waals surface area contributed by atoms with E-state index in [-0.39, 0.29) is 11.8 Å². The standard InChI is InChI=1S/C14H21N3O/c1-11(13-3-5-15-6-4-13)9-14(18)17-8-7-16-12(2)10-17/h3-6,11-12,16H,7-10H2,1-2H3/t11-,12+/m0/s1. The van der Waals surface area contributed by atoms with Gasteiger partial charge in [-0.1, -0.05) is 6.92 Å². The summed E-state index contributed by atoms with van der Waals surface area (Å²) in [5.74, 6) is 0.512. The topological polar surface area (TPSA) is 45.2 Å². The summed E-state index contributed by atoms with van der Waals surface area (Å²) in [7, 11) is 0. The average molecular weight is 247 g/mol. The van der Waals surface area contributed by atoms with Gasteiger partial charge in [0.05, 0.1) is 0 Å². The molecule has 1 aliphatic rings. The van der Waals surface area contributed by atoms with Crippen molar-refractivity contribution in [2.24, 2.45) is 0 Å². The lowest BCUT2D eigenvalue weighted by Gasteiger charge is -2.32. The third kappa shape index (κ3) is 3.29. The fourth-order valence-electron chi connectivity index (χ4n) is 2.36. The molecule has 0 aliphatic carbocycles. The maximum atomic E-state index is 12.2. The first-order valence-electron chi connectivity index (χ1n) is 6.58. The predicted molar refractivity (Wildman–Crippen MR) is 71.3 cm³/mol. The van der Waals surface area contributed by atoms with Gasteiger partial charge in [0, 0.05) is 44.5 Å². The molecule has 1 aromatic heterocycles. The molecule has 1 saturated heterocycles. The number of hydrogen-bond donors (Lipinski definition) is 1. The van der Waals surface area contributed by atoms with Gasteiger partial charge in [-0.15, -0.1) is 0 Å². The van der Waals surface area contributed by atoms with Gasteiger partial charge in [-0.2, -0.15) is 0 Å². The second-order valence-corrected chi connectivity index (χ2v) is 5.08. The lowest BCUT2D eigenvalue weighted by atomic mass is 9.98. The van der Waals surface area contributed by atoms with Gasteiger partial charge in [0.25, 0.3) is 0 Å². The highest BCUT2D eigenvalue weighted by molar-refractivity contribution is 5.77. The van der Waals surface area contributed by atoms with Gasteiger partial charge in [-0.3, -0.25) is 9.78 Å². The van der Waals surface area contributed by atoms with Crippen LogP contribution in [-0.2, 0) is 4.79 Å². The quantitative estimate of drug-likeness (QED) is 0.878. The fraction of sp³-hybridized carbons (Fsp3) is 0.571. The molecule has 2 atom stereocenters.